The molecule has 28 nitrogen and oxygen atoms in total. The highest BCUT2D eigenvalue weighted by Crippen LogP contribution is 2.40. The number of nitrogens with one attached hydrogen (secondary N) is 11. The fourth-order valence-corrected chi connectivity index (χ4v) is 17.5. The number of carboxylic acid groups (broad SMARTS) is 1. The van der Waals surface area contributed by atoms with Gasteiger partial charge < -0.3 is 84.7 Å². The van der Waals surface area contributed by atoms with E-state index in [1.165, 1.54) is 40.9 Å². The zero-order valence-corrected chi connectivity index (χ0v) is 58.2. The molecule has 0 radical (unpaired) electrons. The Morgan fingerprint density at radius 1 is 0.650 bits per heavy atom. The Labute approximate surface area is 589 Å². The first-order valence-electron chi connectivity index (χ1n) is 35.6. The number of aromatic amines is 1. The van der Waals surface area contributed by atoms with Crippen molar-refractivity contribution in [2.24, 2.45) is 41.1 Å². The average Bonchev–Trinajstić information content (AvgIpc) is 1.64. The van der Waals surface area contributed by atoms with Crippen LogP contribution in [0.25, 0.3) is 0 Å². The molecule has 2 aromatic rings. The minimum atomic E-state index is -1.94. The monoisotopic (exact) mass is 1440 g/mol. The Hall–Kier alpha value is -7.00. The van der Waals surface area contributed by atoms with Gasteiger partial charge in [-0.25, -0.2) is 13.8 Å². The number of carbonyl (C=O) groups is 11. The quantitative estimate of drug-likeness (QED) is 0.107. The number of primary amides is 1. The van der Waals surface area contributed by atoms with Crippen LogP contribution in [0.3, 0.4) is 0 Å². The van der Waals surface area contributed by atoms with Crippen molar-refractivity contribution in [2.45, 2.75) is 225 Å². The number of halogens is 2. The van der Waals surface area contributed by atoms with Crippen LogP contribution in [0.1, 0.15) is 145 Å². The Morgan fingerprint density at radius 2 is 1.25 bits per heavy atom. The molecule has 4 aliphatic heterocycles. The number of rotatable bonds is 15. The molecule has 3 saturated carbocycles. The SMILES string of the molecule is NCCCC[C@@H]1NC(=O)CCSCc2cccc(c2)CSC[C@@H](C(N)=O)NC(=O)[C@@H]2CCCN2C(=O)[C@H](CC2CCC(O)CC2)NC(=O)[C@@H](Cc2cnc[nH]2)NC(=O)[C@H](CC(=O)O)NC(=O)[C@H](CC2CNC3CCC(F)CC23)NC(=O)[C@H](CC2CNC3CCC(F)CC23)NC(=O)CNC1=O. The summed E-state index contributed by atoms with van der Waals surface area (Å²) in [5.41, 5.74) is 13.9. The van der Waals surface area contributed by atoms with Crippen LogP contribution in [0.4, 0.5) is 8.78 Å². The van der Waals surface area contributed by atoms with Gasteiger partial charge in [0.15, 0.2) is 0 Å². The number of aromatic nitrogens is 2. The van der Waals surface area contributed by atoms with E-state index in [0.717, 1.165) is 11.1 Å². The van der Waals surface area contributed by atoms with E-state index in [1.54, 1.807) is 0 Å². The second-order valence-electron chi connectivity index (χ2n) is 28.2. The Morgan fingerprint density at radius 3 is 1.88 bits per heavy atom. The summed E-state index contributed by atoms with van der Waals surface area (Å²) in [6.07, 6.45) is 4.18. The lowest BCUT2D eigenvalue weighted by molar-refractivity contribution is -0.143. The number of fused-ring (bicyclic) bond motifs is 5. The lowest BCUT2D eigenvalue weighted by Gasteiger charge is -2.34. The number of nitrogens with zero attached hydrogens (tertiary/aromatic N) is 2. The number of nitrogens with two attached hydrogens (primary N) is 2. The smallest absolute Gasteiger partial charge is 0.305 e. The molecule has 1 aromatic heterocycles. The van der Waals surface area contributed by atoms with Crippen LogP contribution in [0, 0.1) is 29.6 Å². The number of hydrogen-bond acceptors (Lipinski definition) is 18. The Bertz CT molecular complexity index is 3160. The van der Waals surface area contributed by atoms with Crippen LogP contribution < -0.4 is 64.6 Å². The van der Waals surface area contributed by atoms with Crippen molar-refractivity contribution in [1.82, 2.24) is 68.0 Å². The van der Waals surface area contributed by atoms with Gasteiger partial charge in [-0.3, -0.25) is 52.7 Å². The van der Waals surface area contributed by atoms with Crippen molar-refractivity contribution < 1.29 is 71.7 Å². The molecule has 32 heteroatoms. The largest absolute Gasteiger partial charge is 0.481 e. The summed E-state index contributed by atoms with van der Waals surface area (Å²) >= 11 is 2.85. The van der Waals surface area contributed by atoms with Crippen molar-refractivity contribution in [3.05, 3.63) is 53.6 Å². The van der Waals surface area contributed by atoms with E-state index in [0.29, 0.717) is 113 Å². The number of benzene rings is 1. The van der Waals surface area contributed by atoms with E-state index in [1.807, 2.05) is 24.3 Å². The van der Waals surface area contributed by atoms with Crippen LogP contribution in [-0.4, -0.2) is 213 Å². The highest BCUT2D eigenvalue weighted by atomic mass is 32.2. The molecule has 10 amide bonds. The van der Waals surface area contributed by atoms with Gasteiger partial charge in [0, 0.05) is 66.4 Å². The van der Waals surface area contributed by atoms with Crippen molar-refractivity contribution in [2.75, 3.05) is 44.2 Å². The maximum atomic E-state index is 15.3. The summed E-state index contributed by atoms with van der Waals surface area (Å²) in [6.45, 7) is 0.450. The molecule has 7 aliphatic rings. The molecule has 2 bridgehead atoms. The normalized spacial score (nSPS) is 33.3. The van der Waals surface area contributed by atoms with E-state index < -0.39 is 151 Å². The van der Waals surface area contributed by atoms with E-state index >= 15 is 28.0 Å². The molecule has 8 unspecified atom stereocenters. The summed E-state index contributed by atoms with van der Waals surface area (Å²) in [5.74, 6) is -9.56. The number of hydrogen-bond donors (Lipinski definition) is 15. The van der Waals surface area contributed by atoms with Gasteiger partial charge in [-0.05, 0) is 176 Å². The first kappa shape index (κ1) is 77.2. The van der Waals surface area contributed by atoms with Gasteiger partial charge in [0.05, 0.1) is 25.4 Å². The third-order valence-corrected chi connectivity index (χ3v) is 23.1. The molecule has 6 fully saturated rings. The molecule has 3 saturated heterocycles. The van der Waals surface area contributed by atoms with Gasteiger partial charge in [-0.15, -0.1) is 0 Å². The standard InChI is InChI=1S/C68H101F2N15O13S2/c69-42-11-15-48-46(25-42)40(29-74-48)23-51-63(93)80-52(24-41-30-75-49-16-12-43(70)26-47(41)49)64(94)82-54(28-60(89)90)66(96)81-53(27-44-31-73-36-77-44)65(95)83-55(22-37-9-13-45(86)14-10-37)68(98)85-19-4-8-57(85)67(97)84-56(61(72)91)35-100-34-39-6-3-5-38(21-39)33-99-20-17-58(87)78-50(7-1-2-18-71)62(92)76-32-59(88)79-51/h3,5-6,21,31,36-37,40-43,45-57,74-75,86H,1-2,4,7-20,22-30,32-35,71H2,(H2,72,91)(H,73,77)(H,76,92)(H,78,87)(H,79,88)(H,80,93)(H,81,96)(H,82,94)(H,83,95)(H,84,97)(H,89,90)/t37?,40?,41?,42?,43?,45?,46?,47?,48?,49?,50-,51-,52-,53+,54-,55-,56-,57-/m0/s1. The second kappa shape index (κ2) is 37.8. The van der Waals surface area contributed by atoms with Crippen LogP contribution in [0.5, 0.6) is 0 Å². The number of imidazole rings is 1. The number of aliphatic hydroxyl groups is 1. The van der Waals surface area contributed by atoms with Crippen LogP contribution in [0.15, 0.2) is 36.8 Å². The van der Waals surface area contributed by atoms with Crippen molar-refractivity contribution >= 4 is 88.6 Å². The number of unbranched alkanes of at least 4 members (excludes halogenated alkanes) is 1. The van der Waals surface area contributed by atoms with Gasteiger partial charge in [0.25, 0.3) is 0 Å². The van der Waals surface area contributed by atoms with Gasteiger partial charge in [0.1, 0.15) is 60.7 Å². The van der Waals surface area contributed by atoms with Gasteiger partial charge >= 0.3 is 5.97 Å². The summed E-state index contributed by atoms with van der Waals surface area (Å²) in [4.78, 5) is 165. The fraction of sp³-hybridized carbons (Fsp3) is 0.706. The summed E-state index contributed by atoms with van der Waals surface area (Å²) in [7, 11) is 0. The van der Waals surface area contributed by atoms with Crippen LogP contribution >= 0.6 is 23.5 Å². The fourth-order valence-electron chi connectivity index (χ4n) is 15.6. The van der Waals surface area contributed by atoms with Crippen LogP contribution in [-0.2, 0) is 70.7 Å². The number of aliphatic carboxylic acids is 1. The molecule has 5 heterocycles. The number of carboxylic acids is 1. The minimum absolute atomic E-state index is 0.0456. The van der Waals surface area contributed by atoms with Gasteiger partial charge in [-0.1, -0.05) is 24.3 Å². The lowest BCUT2D eigenvalue weighted by Crippen LogP contribution is -2.61. The Kier molecular flexibility index (Phi) is 29.2. The van der Waals surface area contributed by atoms with E-state index in [-0.39, 0.29) is 106 Å². The highest BCUT2D eigenvalue weighted by Gasteiger charge is 2.47. The molecule has 9 rings (SSSR count). The molecular formula is C68H101F2N15O13S2. The molecular weight excluding hydrogens is 1340 g/mol. The minimum Gasteiger partial charge on any atom is -0.481 e. The maximum Gasteiger partial charge on any atom is 0.305 e. The Balaban J connectivity index is 1.02. The zero-order valence-electron chi connectivity index (χ0n) is 56.6. The number of H-pyrrole nitrogens is 1. The molecule has 1 aromatic carbocycles. The molecule has 3 aliphatic carbocycles. The number of aliphatic hydroxyl groups excluding tert-OH is 1. The van der Waals surface area contributed by atoms with Gasteiger partial charge in [-0.2, -0.15) is 23.5 Å². The van der Waals surface area contributed by atoms with Gasteiger partial charge in [0.2, 0.25) is 59.1 Å². The highest BCUT2D eigenvalue weighted by molar-refractivity contribution is 7.98. The van der Waals surface area contributed by atoms with E-state index in [9.17, 15) is 43.8 Å². The first-order chi connectivity index (χ1) is 48.1. The predicted molar refractivity (Wildman–Crippen MR) is 368 cm³/mol. The van der Waals surface area contributed by atoms with Crippen molar-refractivity contribution in [1.29, 1.82) is 0 Å². The maximum absolute atomic E-state index is 15.3. The van der Waals surface area contributed by atoms with Crippen molar-refractivity contribution in [3.63, 3.8) is 0 Å². The number of thioether (sulfide) groups is 2. The second-order valence-corrected chi connectivity index (χ2v) is 30.4. The molecule has 100 heavy (non-hydrogen) atoms. The summed E-state index contributed by atoms with van der Waals surface area (Å²) in [5, 5.41) is 49.5. The first-order valence-corrected chi connectivity index (χ1v) is 37.9. The topological polar surface area (TPSA) is 432 Å². The molecule has 17 N–H and O–H groups in total. The molecule has 0 spiro atoms. The van der Waals surface area contributed by atoms with Crippen molar-refractivity contribution in [3.8, 4) is 0 Å². The number of alkyl halides is 2. The summed E-state index contributed by atoms with van der Waals surface area (Å²) < 4.78 is 30.4. The predicted octanol–water partition coefficient (Wildman–Crippen LogP) is 0.286. The third-order valence-electron chi connectivity index (χ3n) is 21.0. The molecule has 552 valence electrons. The molecule has 16 atom stereocenters. The average molecular weight is 1440 g/mol. The number of carbonyl (C=O) groups excluding carboxylic acids is 10. The lowest BCUT2D eigenvalue weighted by atomic mass is 9.76. The third kappa shape index (κ3) is 22.5. The summed E-state index contributed by atoms with van der Waals surface area (Å²) in [6, 6.07) is -3.58. The van der Waals surface area contributed by atoms with E-state index in [2.05, 4.69) is 63.1 Å². The van der Waals surface area contributed by atoms with E-state index in [4.69, 9.17) is 11.5 Å². The number of amides is 10. The zero-order chi connectivity index (χ0) is 71.4. The van der Waals surface area contributed by atoms with Crippen LogP contribution in [0.2, 0.25) is 0 Å².